The zero-order valence-corrected chi connectivity index (χ0v) is 14.1. The predicted octanol–water partition coefficient (Wildman–Crippen LogP) is 3.00. The summed E-state index contributed by atoms with van der Waals surface area (Å²) in [5.41, 5.74) is 6.96. The number of carbonyl (C=O) groups excluding carboxylic acids is 1. The van der Waals surface area contributed by atoms with Crippen LogP contribution in [0.4, 0.5) is 0 Å². The Morgan fingerprint density at radius 1 is 1.50 bits per heavy atom. The lowest BCUT2D eigenvalue weighted by molar-refractivity contribution is -0.124. The molecule has 0 aliphatic heterocycles. The lowest BCUT2D eigenvalue weighted by Gasteiger charge is -2.43. The van der Waals surface area contributed by atoms with E-state index in [4.69, 9.17) is 5.73 Å². The number of hydrogen-bond donors (Lipinski definition) is 2. The molecule has 1 saturated carbocycles. The lowest BCUT2D eigenvalue weighted by Crippen LogP contribution is -2.47. The second kappa shape index (κ2) is 7.43. The quantitative estimate of drug-likeness (QED) is 0.847. The molecule has 1 unspecified atom stereocenters. The molecule has 1 aliphatic rings. The van der Waals surface area contributed by atoms with Gasteiger partial charge in [-0.25, -0.2) is 0 Å². The van der Waals surface area contributed by atoms with Crippen molar-refractivity contribution < 1.29 is 4.79 Å². The first-order valence-corrected chi connectivity index (χ1v) is 7.60. The van der Waals surface area contributed by atoms with Crippen molar-refractivity contribution >= 4 is 34.2 Å². The second-order valence-corrected chi connectivity index (χ2v) is 6.41. The second-order valence-electron chi connectivity index (χ2n) is 5.50. The molecule has 20 heavy (non-hydrogen) atoms. The van der Waals surface area contributed by atoms with Crippen molar-refractivity contribution in [2.24, 2.45) is 11.7 Å². The van der Waals surface area contributed by atoms with Crippen LogP contribution in [0, 0.1) is 5.92 Å². The van der Waals surface area contributed by atoms with Crippen molar-refractivity contribution in [1.82, 2.24) is 5.32 Å². The number of nitrogens with one attached hydrogen (secondary N) is 1. The third-order valence-electron chi connectivity index (χ3n) is 4.15. The molecule has 5 heteroatoms. The maximum Gasteiger partial charge on any atom is 0.224 e. The molecule has 0 bridgehead atoms. The average molecular weight is 362 g/mol. The first-order chi connectivity index (χ1) is 9.07. The summed E-state index contributed by atoms with van der Waals surface area (Å²) in [6.45, 7) is 2.98. The topological polar surface area (TPSA) is 55.1 Å². The molecule has 0 spiro atoms. The van der Waals surface area contributed by atoms with Gasteiger partial charge in [-0.05, 0) is 30.5 Å². The van der Waals surface area contributed by atoms with Gasteiger partial charge in [0.25, 0.3) is 0 Å². The van der Waals surface area contributed by atoms with E-state index in [1.54, 1.807) is 0 Å². The van der Waals surface area contributed by atoms with Crippen LogP contribution in [-0.2, 0) is 10.2 Å². The number of amides is 1. The molecule has 1 aromatic carbocycles. The Labute approximate surface area is 135 Å². The molecule has 3 nitrogen and oxygen atoms in total. The largest absolute Gasteiger partial charge is 0.355 e. The maximum absolute atomic E-state index is 11.9. The van der Waals surface area contributed by atoms with E-state index < -0.39 is 0 Å². The van der Waals surface area contributed by atoms with Crippen LogP contribution in [0.2, 0.25) is 0 Å². The van der Waals surface area contributed by atoms with E-state index in [-0.39, 0.29) is 29.6 Å². The minimum Gasteiger partial charge on any atom is -0.355 e. The summed E-state index contributed by atoms with van der Waals surface area (Å²) in [5.74, 6) is -0.0524. The third-order valence-corrected chi connectivity index (χ3v) is 4.64. The van der Waals surface area contributed by atoms with Crippen molar-refractivity contribution in [2.45, 2.75) is 31.6 Å². The zero-order valence-electron chi connectivity index (χ0n) is 11.7. The summed E-state index contributed by atoms with van der Waals surface area (Å²) in [5, 5.41) is 3.06. The Morgan fingerprint density at radius 3 is 2.70 bits per heavy atom. The first kappa shape index (κ1) is 17.5. The summed E-state index contributed by atoms with van der Waals surface area (Å²) in [6.07, 6.45) is 3.51. The SMILES string of the molecule is CC(CN)C(=O)NCC1(c2cccc(Br)c2)CCC1.Cl. The fourth-order valence-corrected chi connectivity index (χ4v) is 2.93. The van der Waals surface area contributed by atoms with Crippen LogP contribution < -0.4 is 11.1 Å². The molecule has 0 heterocycles. The fraction of sp³-hybridized carbons (Fsp3) is 0.533. The molecule has 1 atom stereocenters. The highest BCUT2D eigenvalue weighted by molar-refractivity contribution is 9.10. The zero-order chi connectivity index (χ0) is 13.9. The van der Waals surface area contributed by atoms with E-state index in [1.165, 1.54) is 12.0 Å². The molecule has 0 radical (unpaired) electrons. The Balaban J connectivity index is 0.00000200. The van der Waals surface area contributed by atoms with Crippen LogP contribution in [-0.4, -0.2) is 19.0 Å². The number of hydrogen-bond acceptors (Lipinski definition) is 2. The molecule has 3 N–H and O–H groups in total. The molecular weight excluding hydrogens is 340 g/mol. The number of halogens is 2. The van der Waals surface area contributed by atoms with Gasteiger partial charge in [-0.1, -0.05) is 41.4 Å². The fourth-order valence-electron chi connectivity index (χ4n) is 2.53. The first-order valence-electron chi connectivity index (χ1n) is 6.81. The average Bonchev–Trinajstić information content (AvgIpc) is 2.36. The molecule has 1 amide bonds. The number of benzene rings is 1. The van der Waals surface area contributed by atoms with Crippen LogP contribution in [0.15, 0.2) is 28.7 Å². The maximum atomic E-state index is 11.9. The lowest BCUT2D eigenvalue weighted by atomic mass is 9.64. The minimum absolute atomic E-state index is 0. The van der Waals surface area contributed by atoms with Crippen molar-refractivity contribution in [3.05, 3.63) is 34.3 Å². The molecular formula is C15H22BrClN2O. The van der Waals surface area contributed by atoms with Crippen molar-refractivity contribution in [2.75, 3.05) is 13.1 Å². The Hall–Kier alpha value is -0.580. The summed E-state index contributed by atoms with van der Waals surface area (Å²) in [6, 6.07) is 8.41. The summed E-state index contributed by atoms with van der Waals surface area (Å²) in [4.78, 5) is 11.9. The van der Waals surface area contributed by atoms with Gasteiger partial charge < -0.3 is 11.1 Å². The van der Waals surface area contributed by atoms with E-state index in [0.717, 1.165) is 17.3 Å². The Kier molecular flexibility index (Phi) is 6.49. The summed E-state index contributed by atoms with van der Waals surface area (Å²) in [7, 11) is 0. The van der Waals surface area contributed by atoms with Crippen LogP contribution in [0.1, 0.15) is 31.7 Å². The van der Waals surface area contributed by atoms with E-state index >= 15 is 0 Å². The molecule has 1 aromatic rings. The molecule has 0 aromatic heterocycles. The normalized spacial score (nSPS) is 17.6. The summed E-state index contributed by atoms with van der Waals surface area (Å²) < 4.78 is 1.10. The minimum atomic E-state index is -0.111. The van der Waals surface area contributed by atoms with Crippen LogP contribution in [0.3, 0.4) is 0 Å². The van der Waals surface area contributed by atoms with Crippen molar-refractivity contribution in [1.29, 1.82) is 0 Å². The molecule has 0 saturated heterocycles. The van der Waals surface area contributed by atoms with Crippen LogP contribution in [0.5, 0.6) is 0 Å². The number of rotatable bonds is 5. The van der Waals surface area contributed by atoms with Crippen molar-refractivity contribution in [3.8, 4) is 0 Å². The highest BCUT2D eigenvalue weighted by Crippen LogP contribution is 2.43. The number of nitrogens with two attached hydrogens (primary N) is 1. The smallest absolute Gasteiger partial charge is 0.224 e. The molecule has 1 aliphatic carbocycles. The van der Waals surface area contributed by atoms with Gasteiger partial charge in [-0.2, -0.15) is 0 Å². The van der Waals surface area contributed by atoms with Gasteiger partial charge >= 0.3 is 0 Å². The van der Waals surface area contributed by atoms with Gasteiger partial charge in [0.2, 0.25) is 5.91 Å². The van der Waals surface area contributed by atoms with E-state index in [1.807, 2.05) is 13.0 Å². The van der Waals surface area contributed by atoms with Crippen LogP contribution >= 0.6 is 28.3 Å². The number of carbonyl (C=O) groups is 1. The van der Waals surface area contributed by atoms with Gasteiger partial charge in [0.05, 0.1) is 0 Å². The van der Waals surface area contributed by atoms with Gasteiger partial charge in [0.15, 0.2) is 0 Å². The van der Waals surface area contributed by atoms with E-state index in [2.05, 4.69) is 39.4 Å². The van der Waals surface area contributed by atoms with Gasteiger partial charge in [-0.15, -0.1) is 12.4 Å². The predicted molar refractivity (Wildman–Crippen MR) is 88.1 cm³/mol. The highest BCUT2D eigenvalue weighted by atomic mass is 79.9. The third kappa shape index (κ3) is 3.74. The molecule has 2 rings (SSSR count). The molecule has 1 fully saturated rings. The van der Waals surface area contributed by atoms with Crippen molar-refractivity contribution in [3.63, 3.8) is 0 Å². The van der Waals surface area contributed by atoms with Gasteiger partial charge in [0, 0.05) is 28.9 Å². The van der Waals surface area contributed by atoms with E-state index in [0.29, 0.717) is 13.1 Å². The highest BCUT2D eigenvalue weighted by Gasteiger charge is 2.39. The van der Waals surface area contributed by atoms with E-state index in [9.17, 15) is 4.79 Å². The monoisotopic (exact) mass is 360 g/mol. The Bertz CT molecular complexity index is 463. The molecule has 112 valence electrons. The standard InChI is InChI=1S/C15H21BrN2O.ClH/c1-11(9-17)14(19)18-10-15(6-3-7-15)12-4-2-5-13(16)8-12;/h2,4-5,8,11H,3,6-7,9-10,17H2,1H3,(H,18,19);1H. The van der Waals surface area contributed by atoms with Gasteiger partial charge in [-0.3, -0.25) is 4.79 Å². The van der Waals surface area contributed by atoms with Crippen LogP contribution in [0.25, 0.3) is 0 Å². The Morgan fingerprint density at radius 2 is 2.20 bits per heavy atom. The van der Waals surface area contributed by atoms with Gasteiger partial charge in [0.1, 0.15) is 0 Å². The summed E-state index contributed by atoms with van der Waals surface area (Å²) >= 11 is 3.52.